The fourth-order valence-electron chi connectivity index (χ4n) is 2.34. The van der Waals surface area contributed by atoms with Gasteiger partial charge in [0, 0.05) is 5.97 Å². The molecule has 0 rings (SSSR count). The number of aliphatic carboxylic acids is 1. The number of carboxylic acids is 1. The number of hydrogen-bond acceptors (Lipinski definition) is 2. The van der Waals surface area contributed by atoms with Gasteiger partial charge >= 0.3 is 51.4 Å². The van der Waals surface area contributed by atoms with Gasteiger partial charge in [0.2, 0.25) is 0 Å². The van der Waals surface area contributed by atoms with E-state index in [1.165, 1.54) is 64.2 Å². The summed E-state index contributed by atoms with van der Waals surface area (Å²) in [6, 6.07) is 0. The molecule has 0 aliphatic heterocycles. The SMILES string of the molecule is CCCCCCCC/C=C/CCCCCCCC(=O)[O-].[K+]. The summed E-state index contributed by atoms with van der Waals surface area (Å²) in [5, 5.41) is 10.2. The van der Waals surface area contributed by atoms with Crippen molar-refractivity contribution >= 4 is 5.97 Å². The molecule has 0 saturated carbocycles. The number of rotatable bonds is 15. The second-order valence-electron chi connectivity index (χ2n) is 5.71. The Kier molecular flexibility index (Phi) is 23.9. The molecule has 0 radical (unpaired) electrons. The first-order chi connectivity index (χ1) is 9.77. The van der Waals surface area contributed by atoms with Gasteiger partial charge in [0.15, 0.2) is 0 Å². The Morgan fingerprint density at radius 3 is 1.67 bits per heavy atom. The van der Waals surface area contributed by atoms with Crippen molar-refractivity contribution < 1.29 is 61.3 Å². The van der Waals surface area contributed by atoms with Crippen LogP contribution in [0.25, 0.3) is 0 Å². The second-order valence-corrected chi connectivity index (χ2v) is 5.71. The number of hydrogen-bond donors (Lipinski definition) is 0. The molecule has 118 valence electrons. The molecule has 0 saturated heterocycles. The predicted octanol–water partition coefficient (Wildman–Crippen LogP) is 1.78. The van der Waals surface area contributed by atoms with Crippen LogP contribution in [0.5, 0.6) is 0 Å². The van der Waals surface area contributed by atoms with Gasteiger partial charge in [-0.3, -0.25) is 0 Å². The molecule has 0 aromatic heterocycles. The number of allylic oxidation sites excluding steroid dienone is 2. The Labute approximate surface area is 174 Å². The zero-order valence-corrected chi connectivity index (χ0v) is 17.5. The Hall–Kier alpha value is 0.846. The summed E-state index contributed by atoms with van der Waals surface area (Å²) in [6.07, 6.45) is 20.9. The van der Waals surface area contributed by atoms with Crippen molar-refractivity contribution in [3.63, 3.8) is 0 Å². The molecular formula is C18H33KO2. The smallest absolute Gasteiger partial charge is 0.550 e. The van der Waals surface area contributed by atoms with Crippen LogP contribution in [-0.4, -0.2) is 5.97 Å². The third-order valence-corrected chi connectivity index (χ3v) is 3.64. The van der Waals surface area contributed by atoms with Crippen LogP contribution in [0.1, 0.15) is 96.8 Å². The Balaban J connectivity index is 0. The summed E-state index contributed by atoms with van der Waals surface area (Å²) >= 11 is 0. The van der Waals surface area contributed by atoms with E-state index in [0.717, 1.165) is 19.3 Å². The van der Waals surface area contributed by atoms with E-state index in [2.05, 4.69) is 19.1 Å². The summed E-state index contributed by atoms with van der Waals surface area (Å²) in [5.41, 5.74) is 0. The van der Waals surface area contributed by atoms with Crippen molar-refractivity contribution in [2.45, 2.75) is 96.8 Å². The molecule has 0 fully saturated rings. The van der Waals surface area contributed by atoms with Crippen LogP contribution in [0, 0.1) is 0 Å². The summed E-state index contributed by atoms with van der Waals surface area (Å²) < 4.78 is 0. The first-order valence-electron chi connectivity index (χ1n) is 8.62. The molecule has 0 N–H and O–H groups in total. The Bertz CT molecular complexity index is 239. The van der Waals surface area contributed by atoms with Crippen molar-refractivity contribution in [1.82, 2.24) is 0 Å². The monoisotopic (exact) mass is 320 g/mol. The number of carboxylic acid groups (broad SMARTS) is 1. The molecule has 0 aromatic carbocycles. The van der Waals surface area contributed by atoms with E-state index < -0.39 is 5.97 Å². The number of carbonyl (C=O) groups is 1. The number of unbranched alkanes of at least 4 members (excludes halogenated alkanes) is 11. The average Bonchev–Trinajstić information content (AvgIpc) is 2.43. The average molecular weight is 321 g/mol. The predicted molar refractivity (Wildman–Crippen MR) is 84.5 cm³/mol. The van der Waals surface area contributed by atoms with Crippen LogP contribution in [0.4, 0.5) is 0 Å². The maximum Gasteiger partial charge on any atom is 1.00 e. The largest absolute Gasteiger partial charge is 1.00 e. The maximum absolute atomic E-state index is 10.2. The van der Waals surface area contributed by atoms with Crippen molar-refractivity contribution in [3.05, 3.63) is 12.2 Å². The molecule has 21 heavy (non-hydrogen) atoms. The molecule has 2 nitrogen and oxygen atoms in total. The minimum absolute atomic E-state index is 0. The van der Waals surface area contributed by atoms with E-state index in [1.807, 2.05) is 0 Å². The van der Waals surface area contributed by atoms with Gasteiger partial charge in [0.05, 0.1) is 0 Å². The van der Waals surface area contributed by atoms with Crippen molar-refractivity contribution in [3.8, 4) is 0 Å². The number of carbonyl (C=O) groups excluding carboxylic acids is 1. The zero-order chi connectivity index (χ0) is 14.9. The molecule has 0 bridgehead atoms. The van der Waals surface area contributed by atoms with Crippen LogP contribution >= 0.6 is 0 Å². The van der Waals surface area contributed by atoms with Crippen molar-refractivity contribution in [2.75, 3.05) is 0 Å². The third-order valence-electron chi connectivity index (χ3n) is 3.64. The van der Waals surface area contributed by atoms with Crippen molar-refractivity contribution in [2.24, 2.45) is 0 Å². The van der Waals surface area contributed by atoms with Gasteiger partial charge < -0.3 is 9.90 Å². The van der Waals surface area contributed by atoms with Gasteiger partial charge in [-0.2, -0.15) is 0 Å². The standard InChI is InChI=1S/C18H34O2.K/c1-2-3-4-5-6-7-8-9-10-11-12-13-14-15-16-17-18(19)20;/h9-10H,2-8,11-17H2,1H3,(H,19,20);/q;+1/p-1/b10-9+;. The molecule has 0 heterocycles. The summed E-state index contributed by atoms with van der Waals surface area (Å²) in [4.78, 5) is 10.2. The van der Waals surface area contributed by atoms with Gasteiger partial charge in [-0.1, -0.05) is 70.4 Å². The zero-order valence-electron chi connectivity index (χ0n) is 14.4. The molecule has 0 unspecified atom stereocenters. The fraction of sp³-hybridized carbons (Fsp3) is 0.833. The molecular weight excluding hydrogens is 287 g/mol. The van der Waals surface area contributed by atoms with Gasteiger partial charge in [-0.15, -0.1) is 0 Å². The minimum atomic E-state index is -0.914. The fourth-order valence-corrected chi connectivity index (χ4v) is 2.34. The van der Waals surface area contributed by atoms with Crippen molar-refractivity contribution in [1.29, 1.82) is 0 Å². The third kappa shape index (κ3) is 23.2. The van der Waals surface area contributed by atoms with Gasteiger partial charge in [-0.25, -0.2) is 0 Å². The molecule has 3 heteroatoms. The second kappa shape index (κ2) is 20.8. The van der Waals surface area contributed by atoms with Crippen LogP contribution in [-0.2, 0) is 4.79 Å². The van der Waals surface area contributed by atoms with Crippen LogP contribution < -0.4 is 56.5 Å². The van der Waals surface area contributed by atoms with E-state index in [-0.39, 0.29) is 57.8 Å². The van der Waals surface area contributed by atoms with E-state index in [0.29, 0.717) is 0 Å². The van der Waals surface area contributed by atoms with Gasteiger partial charge in [0.25, 0.3) is 0 Å². The van der Waals surface area contributed by atoms with E-state index in [1.54, 1.807) is 0 Å². The normalized spacial score (nSPS) is 10.7. The molecule has 0 atom stereocenters. The van der Waals surface area contributed by atoms with Crippen LogP contribution in [0.2, 0.25) is 0 Å². The van der Waals surface area contributed by atoms with Gasteiger partial charge in [0.1, 0.15) is 0 Å². The first-order valence-corrected chi connectivity index (χ1v) is 8.62. The minimum Gasteiger partial charge on any atom is -0.550 e. The summed E-state index contributed by atoms with van der Waals surface area (Å²) in [5.74, 6) is -0.914. The first kappa shape index (κ1) is 24.1. The van der Waals surface area contributed by atoms with Crippen LogP contribution in [0.15, 0.2) is 12.2 Å². The Morgan fingerprint density at radius 1 is 0.762 bits per heavy atom. The van der Waals surface area contributed by atoms with E-state index >= 15 is 0 Å². The quantitative estimate of drug-likeness (QED) is 0.262. The maximum atomic E-state index is 10.2. The molecule has 0 aliphatic carbocycles. The molecule has 0 amide bonds. The van der Waals surface area contributed by atoms with E-state index in [9.17, 15) is 9.90 Å². The molecule has 0 aliphatic rings. The summed E-state index contributed by atoms with van der Waals surface area (Å²) in [7, 11) is 0. The Morgan fingerprint density at radius 2 is 1.19 bits per heavy atom. The van der Waals surface area contributed by atoms with E-state index in [4.69, 9.17) is 0 Å². The summed E-state index contributed by atoms with van der Waals surface area (Å²) in [6.45, 7) is 2.26. The topological polar surface area (TPSA) is 40.1 Å². The van der Waals surface area contributed by atoms with Gasteiger partial charge in [-0.05, 0) is 38.5 Å². The molecule has 0 spiro atoms. The molecule has 0 aromatic rings. The van der Waals surface area contributed by atoms with Crippen LogP contribution in [0.3, 0.4) is 0 Å².